The molecule has 0 aromatic heterocycles. The predicted octanol–water partition coefficient (Wildman–Crippen LogP) is 3.85. The molecule has 0 aliphatic rings. The Morgan fingerprint density at radius 3 is 1.05 bits per heavy atom. The number of hydrogen-bond donors (Lipinski definition) is 0. The summed E-state index contributed by atoms with van der Waals surface area (Å²) in [6.07, 6.45) is 0. The first-order valence-electron chi connectivity index (χ1n) is 7.39. The van der Waals surface area contributed by atoms with E-state index in [0.29, 0.717) is 0 Å². The quantitative estimate of drug-likeness (QED) is 0.628. The molecule has 0 heterocycles. The van der Waals surface area contributed by atoms with Crippen LogP contribution in [0.2, 0.25) is 0 Å². The maximum Gasteiger partial charge on any atom is 0.311 e. The summed E-state index contributed by atoms with van der Waals surface area (Å²) in [4.78, 5) is 22.7. The van der Waals surface area contributed by atoms with Gasteiger partial charge in [-0.2, -0.15) is 0 Å². The Morgan fingerprint density at radius 1 is 0.636 bits per heavy atom. The van der Waals surface area contributed by atoms with Crippen molar-refractivity contribution in [3.8, 4) is 0 Å². The Hall–Kier alpha value is -1.84. The van der Waals surface area contributed by atoms with E-state index in [2.05, 4.69) is 0 Å². The van der Waals surface area contributed by atoms with Gasteiger partial charge in [0.05, 0.1) is 10.8 Å². The SMILES string of the molecule is CC(C)(C)C(=O)OCCOC(=O)C(C)(C)C.c1ccccc1. The maximum absolute atomic E-state index is 11.3. The van der Waals surface area contributed by atoms with Crippen LogP contribution in [0.25, 0.3) is 0 Å². The van der Waals surface area contributed by atoms with Crippen LogP contribution in [0.15, 0.2) is 36.4 Å². The highest BCUT2D eigenvalue weighted by Crippen LogP contribution is 2.16. The van der Waals surface area contributed by atoms with Crippen molar-refractivity contribution in [1.29, 1.82) is 0 Å². The van der Waals surface area contributed by atoms with Gasteiger partial charge in [-0.05, 0) is 41.5 Å². The normalized spacial score (nSPS) is 11.0. The number of carbonyl (C=O) groups is 2. The van der Waals surface area contributed by atoms with Crippen LogP contribution in [0.5, 0.6) is 0 Å². The average molecular weight is 308 g/mol. The summed E-state index contributed by atoms with van der Waals surface area (Å²) in [6.45, 7) is 10.9. The molecule has 1 rings (SSSR count). The molecule has 22 heavy (non-hydrogen) atoms. The number of benzene rings is 1. The highest BCUT2D eigenvalue weighted by Gasteiger charge is 2.24. The van der Waals surface area contributed by atoms with Crippen LogP contribution < -0.4 is 0 Å². The zero-order chi connectivity index (χ0) is 17.2. The van der Waals surface area contributed by atoms with E-state index in [4.69, 9.17) is 9.47 Å². The van der Waals surface area contributed by atoms with Gasteiger partial charge in [-0.25, -0.2) is 0 Å². The maximum atomic E-state index is 11.3. The molecule has 0 N–H and O–H groups in total. The molecule has 0 aliphatic carbocycles. The third-order valence-electron chi connectivity index (χ3n) is 2.44. The molecule has 1 aromatic carbocycles. The molecule has 0 saturated heterocycles. The van der Waals surface area contributed by atoms with Crippen molar-refractivity contribution in [2.75, 3.05) is 13.2 Å². The fourth-order valence-electron chi connectivity index (χ4n) is 1.09. The molecular weight excluding hydrogens is 280 g/mol. The lowest BCUT2D eigenvalue weighted by Crippen LogP contribution is -2.27. The smallest absolute Gasteiger partial charge is 0.311 e. The Labute approximate surface area is 133 Å². The second kappa shape index (κ2) is 9.23. The molecule has 0 radical (unpaired) electrons. The number of esters is 2. The van der Waals surface area contributed by atoms with Crippen molar-refractivity contribution in [2.45, 2.75) is 41.5 Å². The van der Waals surface area contributed by atoms with Gasteiger partial charge in [-0.1, -0.05) is 36.4 Å². The van der Waals surface area contributed by atoms with Crippen LogP contribution >= 0.6 is 0 Å². The summed E-state index contributed by atoms with van der Waals surface area (Å²) >= 11 is 0. The summed E-state index contributed by atoms with van der Waals surface area (Å²) < 4.78 is 9.91. The minimum atomic E-state index is -0.520. The Morgan fingerprint density at radius 2 is 0.864 bits per heavy atom. The molecule has 1 aromatic rings. The van der Waals surface area contributed by atoms with Gasteiger partial charge in [0.2, 0.25) is 0 Å². The summed E-state index contributed by atoms with van der Waals surface area (Å²) in [5, 5.41) is 0. The molecule has 4 heteroatoms. The predicted molar refractivity (Wildman–Crippen MR) is 87.3 cm³/mol. The molecule has 0 saturated carbocycles. The van der Waals surface area contributed by atoms with E-state index in [9.17, 15) is 9.59 Å². The minimum Gasteiger partial charge on any atom is -0.462 e. The average Bonchev–Trinajstić information content (AvgIpc) is 2.43. The zero-order valence-electron chi connectivity index (χ0n) is 14.5. The van der Waals surface area contributed by atoms with Gasteiger partial charge >= 0.3 is 11.9 Å². The zero-order valence-corrected chi connectivity index (χ0v) is 14.5. The van der Waals surface area contributed by atoms with Crippen LogP contribution in [0.4, 0.5) is 0 Å². The van der Waals surface area contributed by atoms with Crippen molar-refractivity contribution in [1.82, 2.24) is 0 Å². The number of rotatable bonds is 3. The van der Waals surface area contributed by atoms with Crippen molar-refractivity contribution < 1.29 is 19.1 Å². The van der Waals surface area contributed by atoms with E-state index in [1.807, 2.05) is 36.4 Å². The number of hydrogen-bond acceptors (Lipinski definition) is 4. The molecule has 0 fully saturated rings. The van der Waals surface area contributed by atoms with Crippen molar-refractivity contribution >= 4 is 11.9 Å². The van der Waals surface area contributed by atoms with E-state index < -0.39 is 10.8 Å². The van der Waals surface area contributed by atoms with Crippen molar-refractivity contribution in [2.24, 2.45) is 10.8 Å². The van der Waals surface area contributed by atoms with E-state index in [1.54, 1.807) is 41.5 Å². The lowest BCUT2D eigenvalue weighted by molar-refractivity contribution is -0.161. The van der Waals surface area contributed by atoms with Crippen LogP contribution in [-0.2, 0) is 19.1 Å². The minimum absolute atomic E-state index is 0.109. The molecule has 124 valence electrons. The molecule has 0 spiro atoms. The highest BCUT2D eigenvalue weighted by atomic mass is 16.6. The van der Waals surface area contributed by atoms with Crippen molar-refractivity contribution in [3.05, 3.63) is 36.4 Å². The summed E-state index contributed by atoms with van der Waals surface area (Å²) in [5.74, 6) is -0.585. The summed E-state index contributed by atoms with van der Waals surface area (Å²) in [5.41, 5.74) is -1.04. The van der Waals surface area contributed by atoms with Gasteiger partial charge in [-0.15, -0.1) is 0 Å². The molecule has 0 unspecified atom stereocenters. The number of carbonyl (C=O) groups excluding carboxylic acids is 2. The van der Waals surface area contributed by atoms with E-state index >= 15 is 0 Å². The first-order valence-corrected chi connectivity index (χ1v) is 7.39. The Balaban J connectivity index is 0.000000604. The summed E-state index contributed by atoms with van der Waals surface area (Å²) in [6, 6.07) is 12.0. The lowest BCUT2D eigenvalue weighted by Gasteiger charge is -2.18. The van der Waals surface area contributed by atoms with Gasteiger partial charge in [-0.3, -0.25) is 9.59 Å². The van der Waals surface area contributed by atoms with Crippen LogP contribution in [-0.4, -0.2) is 25.2 Å². The second-order valence-corrected chi connectivity index (χ2v) is 6.93. The van der Waals surface area contributed by atoms with E-state index in [-0.39, 0.29) is 25.2 Å². The third kappa shape index (κ3) is 9.97. The van der Waals surface area contributed by atoms with Crippen LogP contribution in [0.1, 0.15) is 41.5 Å². The first-order chi connectivity index (χ1) is 10.0. The first kappa shape index (κ1) is 20.2. The summed E-state index contributed by atoms with van der Waals surface area (Å²) in [7, 11) is 0. The van der Waals surface area contributed by atoms with Gasteiger partial charge < -0.3 is 9.47 Å². The molecule has 0 bridgehead atoms. The van der Waals surface area contributed by atoms with Crippen molar-refractivity contribution in [3.63, 3.8) is 0 Å². The highest BCUT2D eigenvalue weighted by molar-refractivity contribution is 5.76. The number of ether oxygens (including phenoxy) is 2. The van der Waals surface area contributed by atoms with Gasteiger partial charge in [0.15, 0.2) is 0 Å². The monoisotopic (exact) mass is 308 g/mol. The largest absolute Gasteiger partial charge is 0.462 e. The lowest BCUT2D eigenvalue weighted by atomic mass is 9.97. The fraction of sp³-hybridized carbons (Fsp3) is 0.556. The van der Waals surface area contributed by atoms with Gasteiger partial charge in [0.1, 0.15) is 13.2 Å². The molecular formula is C18H28O4. The molecule has 0 aliphatic heterocycles. The molecule has 0 amide bonds. The fourth-order valence-corrected chi connectivity index (χ4v) is 1.09. The Bertz CT molecular complexity index is 384. The third-order valence-corrected chi connectivity index (χ3v) is 2.44. The van der Waals surface area contributed by atoms with E-state index in [1.165, 1.54) is 0 Å². The van der Waals surface area contributed by atoms with Crippen LogP contribution in [0, 0.1) is 10.8 Å². The topological polar surface area (TPSA) is 52.6 Å². The molecule has 0 atom stereocenters. The Kier molecular flexibility index (Phi) is 8.46. The standard InChI is InChI=1S/C12H22O4.C6H6/c1-11(2,3)9(13)15-7-8-16-10(14)12(4,5)6;1-2-4-6-5-3-1/h7-8H2,1-6H3;1-6H. The van der Waals surface area contributed by atoms with Gasteiger partial charge in [0.25, 0.3) is 0 Å². The van der Waals surface area contributed by atoms with Gasteiger partial charge in [0, 0.05) is 0 Å². The van der Waals surface area contributed by atoms with E-state index in [0.717, 1.165) is 0 Å². The van der Waals surface area contributed by atoms with Crippen LogP contribution in [0.3, 0.4) is 0 Å². The molecule has 4 nitrogen and oxygen atoms in total. The second-order valence-electron chi connectivity index (χ2n) is 6.93.